The number of aryl methyl sites for hydroxylation is 1. The Balaban J connectivity index is 1.95. The second-order valence-electron chi connectivity index (χ2n) is 8.23. The fourth-order valence-electron chi connectivity index (χ4n) is 2.94. The normalized spacial score (nSPS) is 11.6. The lowest BCUT2D eigenvalue weighted by atomic mass is 9.96. The van der Waals surface area contributed by atoms with Crippen molar-refractivity contribution in [1.82, 2.24) is 19.1 Å². The average molecular weight is 492 g/mol. The third-order valence-corrected chi connectivity index (χ3v) is 6.50. The summed E-state index contributed by atoms with van der Waals surface area (Å²) in [5, 5.41) is 5.28. The van der Waals surface area contributed by atoms with Gasteiger partial charge in [0, 0.05) is 19.5 Å². The third-order valence-electron chi connectivity index (χ3n) is 4.69. The maximum absolute atomic E-state index is 12.9. The Kier molecular flexibility index (Phi) is 7.08. The van der Waals surface area contributed by atoms with Gasteiger partial charge in [0.05, 0.1) is 17.9 Å². The summed E-state index contributed by atoms with van der Waals surface area (Å²) < 4.78 is 7.30. The first-order chi connectivity index (χ1) is 15.5. The fourth-order valence-corrected chi connectivity index (χ4v) is 4.55. The lowest BCUT2D eigenvalue weighted by molar-refractivity contribution is -0.113. The van der Waals surface area contributed by atoms with Crippen LogP contribution in [0.1, 0.15) is 43.9 Å². The number of carbonyl (C=O) groups is 2. The van der Waals surface area contributed by atoms with Crippen molar-refractivity contribution in [1.29, 1.82) is 0 Å². The van der Waals surface area contributed by atoms with Crippen LogP contribution < -0.4 is 16.6 Å². The number of hydrogen-bond acceptors (Lipinski definition) is 9. The summed E-state index contributed by atoms with van der Waals surface area (Å²) in [7, 11) is 2.93. The Hall–Kier alpha value is -2.99. The Morgan fingerprint density at radius 3 is 2.52 bits per heavy atom. The molecule has 0 saturated carbocycles. The molecule has 33 heavy (non-hydrogen) atoms. The van der Waals surface area contributed by atoms with Crippen molar-refractivity contribution in [2.24, 2.45) is 14.1 Å². The van der Waals surface area contributed by atoms with Gasteiger partial charge in [-0.1, -0.05) is 32.5 Å². The van der Waals surface area contributed by atoms with E-state index in [9.17, 15) is 19.2 Å². The molecule has 0 bridgehead atoms. The smallest absolute Gasteiger partial charge is 0.341 e. The predicted molar refractivity (Wildman–Crippen MR) is 128 cm³/mol. The summed E-state index contributed by atoms with van der Waals surface area (Å²) in [6.07, 6.45) is 0. The number of anilines is 1. The molecule has 1 N–H and O–H groups in total. The van der Waals surface area contributed by atoms with Crippen LogP contribution in [-0.2, 0) is 29.0 Å². The zero-order valence-corrected chi connectivity index (χ0v) is 20.8. The second kappa shape index (κ2) is 9.48. The summed E-state index contributed by atoms with van der Waals surface area (Å²) >= 11 is 2.28. The monoisotopic (exact) mass is 491 g/mol. The van der Waals surface area contributed by atoms with Crippen molar-refractivity contribution in [3.8, 4) is 0 Å². The van der Waals surface area contributed by atoms with Gasteiger partial charge in [-0.2, -0.15) is 0 Å². The van der Waals surface area contributed by atoms with Crippen LogP contribution in [0, 0.1) is 0 Å². The van der Waals surface area contributed by atoms with Gasteiger partial charge >= 0.3 is 11.7 Å². The molecule has 0 atom stereocenters. The predicted octanol–water partition coefficient (Wildman–Crippen LogP) is 2.29. The van der Waals surface area contributed by atoms with E-state index in [2.05, 4.69) is 15.3 Å². The first kappa shape index (κ1) is 24.6. The second-order valence-corrected chi connectivity index (χ2v) is 10.1. The number of thiophene rings is 1. The first-order valence-electron chi connectivity index (χ1n) is 10.1. The van der Waals surface area contributed by atoms with Gasteiger partial charge in [0.25, 0.3) is 5.56 Å². The molecular formula is C21H25N5O5S2. The molecule has 0 fully saturated rings. The molecule has 0 aliphatic carbocycles. The quantitative estimate of drug-likeness (QED) is 0.316. The van der Waals surface area contributed by atoms with Gasteiger partial charge < -0.3 is 10.1 Å². The van der Waals surface area contributed by atoms with Crippen molar-refractivity contribution in [2.45, 2.75) is 38.1 Å². The number of esters is 1. The number of rotatable bonds is 6. The van der Waals surface area contributed by atoms with Gasteiger partial charge in [-0.3, -0.25) is 18.7 Å². The van der Waals surface area contributed by atoms with Crippen LogP contribution in [0.4, 0.5) is 5.00 Å². The van der Waals surface area contributed by atoms with Crippen molar-refractivity contribution in [3.05, 3.63) is 43.7 Å². The van der Waals surface area contributed by atoms with Gasteiger partial charge in [0.1, 0.15) is 21.2 Å². The summed E-state index contributed by atoms with van der Waals surface area (Å²) in [6, 6.07) is 1.59. The van der Waals surface area contributed by atoms with E-state index in [0.717, 1.165) is 16.3 Å². The molecule has 12 heteroatoms. The summed E-state index contributed by atoms with van der Waals surface area (Å²) in [4.78, 5) is 59.0. The first-order valence-corrected chi connectivity index (χ1v) is 12.0. The lowest BCUT2D eigenvalue weighted by Gasteiger charge is -2.19. The number of fused-ring (bicyclic) bond motifs is 1. The Morgan fingerprint density at radius 2 is 1.88 bits per heavy atom. The molecule has 3 rings (SSSR count). The van der Waals surface area contributed by atoms with E-state index < -0.39 is 22.6 Å². The van der Waals surface area contributed by atoms with E-state index in [1.165, 1.54) is 23.0 Å². The van der Waals surface area contributed by atoms with Gasteiger partial charge in [0.15, 0.2) is 5.65 Å². The molecule has 3 aromatic heterocycles. The number of carbonyl (C=O) groups excluding carboxylic acids is 2. The maximum atomic E-state index is 12.9. The van der Waals surface area contributed by atoms with E-state index in [1.807, 2.05) is 20.8 Å². The minimum Gasteiger partial charge on any atom is -0.462 e. The molecule has 0 saturated heterocycles. The van der Waals surface area contributed by atoms with Crippen LogP contribution in [0.3, 0.4) is 0 Å². The molecular weight excluding hydrogens is 466 g/mol. The molecule has 0 unspecified atom stereocenters. The van der Waals surface area contributed by atoms with Crippen LogP contribution in [0.15, 0.2) is 26.1 Å². The SMILES string of the molecule is CCOC(=O)c1ccsc1NC(=O)CSc1nc(C(C)(C)C)nc2c1c(=O)n(C)c(=O)n2C. The number of nitrogens with zero attached hydrogens (tertiary/aromatic N) is 4. The highest BCUT2D eigenvalue weighted by atomic mass is 32.2. The standard InChI is InChI=1S/C21H25N5O5S2/c1-7-31-18(29)11-8-9-32-15(11)22-12(27)10-33-16-13-14(23-19(24-16)21(2,3)4)25(5)20(30)26(6)17(13)28/h8-9H,7,10H2,1-6H3,(H,22,27). The van der Waals surface area contributed by atoms with Crippen molar-refractivity contribution in [2.75, 3.05) is 17.7 Å². The molecule has 0 radical (unpaired) electrons. The molecule has 3 heterocycles. The molecule has 3 aromatic rings. The number of amides is 1. The zero-order valence-electron chi connectivity index (χ0n) is 19.2. The number of hydrogen-bond donors (Lipinski definition) is 1. The van der Waals surface area contributed by atoms with Crippen LogP contribution >= 0.6 is 23.1 Å². The number of nitrogens with one attached hydrogen (secondary N) is 1. The molecule has 0 spiro atoms. The van der Waals surface area contributed by atoms with E-state index >= 15 is 0 Å². The third kappa shape index (κ3) is 5.01. The Bertz CT molecular complexity index is 1350. The van der Waals surface area contributed by atoms with Crippen molar-refractivity contribution < 1.29 is 14.3 Å². The van der Waals surface area contributed by atoms with Crippen molar-refractivity contribution in [3.63, 3.8) is 0 Å². The molecule has 176 valence electrons. The van der Waals surface area contributed by atoms with Crippen LogP contribution in [0.25, 0.3) is 11.0 Å². The number of ether oxygens (including phenoxy) is 1. The minimum atomic E-state index is -0.528. The van der Waals surface area contributed by atoms with E-state index in [1.54, 1.807) is 25.4 Å². The highest BCUT2D eigenvalue weighted by molar-refractivity contribution is 8.00. The van der Waals surface area contributed by atoms with Crippen molar-refractivity contribution >= 4 is 51.0 Å². The molecule has 1 amide bonds. The Labute approximate surface area is 198 Å². The average Bonchev–Trinajstić information content (AvgIpc) is 3.21. The van der Waals surface area contributed by atoms with E-state index in [-0.39, 0.29) is 34.9 Å². The fraction of sp³-hybridized carbons (Fsp3) is 0.429. The van der Waals surface area contributed by atoms with E-state index in [0.29, 0.717) is 15.9 Å². The van der Waals surface area contributed by atoms with Crippen LogP contribution in [-0.4, -0.2) is 43.3 Å². The summed E-state index contributed by atoms with van der Waals surface area (Å²) in [6.45, 7) is 7.69. The molecule has 0 aliphatic heterocycles. The van der Waals surface area contributed by atoms with Gasteiger partial charge in [0.2, 0.25) is 5.91 Å². The zero-order chi connectivity index (χ0) is 24.5. The van der Waals surface area contributed by atoms with Crippen LogP contribution in [0.5, 0.6) is 0 Å². The molecule has 0 aliphatic rings. The maximum Gasteiger partial charge on any atom is 0.341 e. The van der Waals surface area contributed by atoms with Gasteiger partial charge in [-0.25, -0.2) is 19.6 Å². The van der Waals surface area contributed by atoms with Gasteiger partial charge in [-0.15, -0.1) is 11.3 Å². The minimum absolute atomic E-state index is 0.0676. The Morgan fingerprint density at radius 1 is 1.18 bits per heavy atom. The molecule has 0 aromatic carbocycles. The lowest BCUT2D eigenvalue weighted by Crippen LogP contribution is -2.38. The molecule has 10 nitrogen and oxygen atoms in total. The largest absolute Gasteiger partial charge is 0.462 e. The van der Waals surface area contributed by atoms with Gasteiger partial charge in [-0.05, 0) is 18.4 Å². The highest BCUT2D eigenvalue weighted by Crippen LogP contribution is 2.28. The number of aromatic nitrogens is 4. The number of thioether (sulfide) groups is 1. The van der Waals surface area contributed by atoms with E-state index in [4.69, 9.17) is 4.74 Å². The topological polar surface area (TPSA) is 125 Å². The summed E-state index contributed by atoms with van der Waals surface area (Å²) in [5.74, 6) is -0.507. The highest BCUT2D eigenvalue weighted by Gasteiger charge is 2.24. The van der Waals surface area contributed by atoms with Crippen LogP contribution in [0.2, 0.25) is 0 Å². The summed E-state index contributed by atoms with van der Waals surface area (Å²) in [5.41, 5.74) is -0.974.